The van der Waals surface area contributed by atoms with Gasteiger partial charge in [-0.15, -0.1) is 0 Å². The van der Waals surface area contributed by atoms with Crippen molar-refractivity contribution in [2.45, 2.75) is 6.42 Å². The standard InChI is InChI=1S/C8H7BrN2/c9-4-2-1-3-8-7-10-5-6-11-8/h5-7H,2,4H2. The smallest absolute Gasteiger partial charge is 0.131 e. The molecule has 3 heteroatoms. The van der Waals surface area contributed by atoms with Gasteiger partial charge in [0.1, 0.15) is 5.69 Å². The first kappa shape index (κ1) is 8.22. The van der Waals surface area contributed by atoms with E-state index in [2.05, 4.69) is 37.7 Å². The molecule has 0 atom stereocenters. The number of aromatic nitrogens is 2. The summed E-state index contributed by atoms with van der Waals surface area (Å²) >= 11 is 3.28. The quantitative estimate of drug-likeness (QED) is 0.521. The molecule has 0 aromatic carbocycles. The molecule has 0 unspecified atom stereocenters. The van der Waals surface area contributed by atoms with Crippen molar-refractivity contribution in [3.63, 3.8) is 0 Å². The molecule has 0 saturated heterocycles. The van der Waals surface area contributed by atoms with Crippen LogP contribution in [0.15, 0.2) is 18.6 Å². The van der Waals surface area contributed by atoms with E-state index >= 15 is 0 Å². The number of alkyl halides is 1. The third kappa shape index (κ3) is 3.15. The number of nitrogens with zero attached hydrogens (tertiary/aromatic N) is 2. The third-order valence-electron chi connectivity index (χ3n) is 0.999. The lowest BCUT2D eigenvalue weighted by molar-refractivity contribution is 1.17. The molecule has 1 heterocycles. The highest BCUT2D eigenvalue weighted by molar-refractivity contribution is 9.09. The molecule has 0 amide bonds. The van der Waals surface area contributed by atoms with Gasteiger partial charge in [0.2, 0.25) is 0 Å². The van der Waals surface area contributed by atoms with Gasteiger partial charge in [-0.05, 0) is 5.92 Å². The van der Waals surface area contributed by atoms with Crippen molar-refractivity contribution < 1.29 is 0 Å². The molecule has 0 radical (unpaired) electrons. The highest BCUT2D eigenvalue weighted by Gasteiger charge is 1.82. The summed E-state index contributed by atoms with van der Waals surface area (Å²) in [5, 5.41) is 0.903. The minimum absolute atomic E-state index is 0.730. The normalized spacial score (nSPS) is 8.45. The van der Waals surface area contributed by atoms with Crippen molar-refractivity contribution in [2.24, 2.45) is 0 Å². The zero-order valence-electron chi connectivity index (χ0n) is 5.92. The Balaban J connectivity index is 2.59. The molecule has 1 aromatic rings. The number of hydrogen-bond donors (Lipinski definition) is 0. The summed E-state index contributed by atoms with van der Waals surface area (Å²) < 4.78 is 0. The average molecular weight is 211 g/mol. The van der Waals surface area contributed by atoms with Crippen molar-refractivity contribution in [1.82, 2.24) is 9.97 Å². The fraction of sp³-hybridized carbons (Fsp3) is 0.250. The molecule has 2 nitrogen and oxygen atoms in total. The van der Waals surface area contributed by atoms with Gasteiger partial charge in [0.05, 0.1) is 6.20 Å². The SMILES string of the molecule is BrCCC#Cc1cnccn1. The van der Waals surface area contributed by atoms with Gasteiger partial charge in [-0.25, -0.2) is 4.98 Å². The van der Waals surface area contributed by atoms with Crippen molar-refractivity contribution in [3.05, 3.63) is 24.3 Å². The predicted octanol–water partition coefficient (Wildman–Crippen LogP) is 1.61. The first-order chi connectivity index (χ1) is 5.43. The molecule has 0 fully saturated rings. The van der Waals surface area contributed by atoms with E-state index in [4.69, 9.17) is 0 Å². The van der Waals surface area contributed by atoms with Crippen molar-refractivity contribution in [2.75, 3.05) is 5.33 Å². The van der Waals surface area contributed by atoms with Gasteiger partial charge >= 0.3 is 0 Å². The number of rotatable bonds is 1. The van der Waals surface area contributed by atoms with Crippen LogP contribution in [0, 0.1) is 11.8 Å². The van der Waals surface area contributed by atoms with Crippen LogP contribution in [0.3, 0.4) is 0 Å². The summed E-state index contributed by atoms with van der Waals surface area (Å²) in [7, 11) is 0. The highest BCUT2D eigenvalue weighted by Crippen LogP contribution is 1.88. The van der Waals surface area contributed by atoms with Crippen LogP contribution in [-0.4, -0.2) is 15.3 Å². The first-order valence-corrected chi connectivity index (χ1v) is 4.36. The lowest BCUT2D eigenvalue weighted by Gasteiger charge is -1.83. The van der Waals surface area contributed by atoms with Crippen LogP contribution in [0.2, 0.25) is 0 Å². The molecular formula is C8H7BrN2. The second-order valence-electron chi connectivity index (χ2n) is 1.83. The number of hydrogen-bond acceptors (Lipinski definition) is 2. The second kappa shape index (κ2) is 4.86. The zero-order chi connectivity index (χ0) is 7.94. The number of halogens is 1. The summed E-state index contributed by atoms with van der Waals surface area (Å²) in [4.78, 5) is 7.89. The van der Waals surface area contributed by atoms with Crippen LogP contribution < -0.4 is 0 Å². The summed E-state index contributed by atoms with van der Waals surface area (Å²) in [6.07, 6.45) is 5.77. The summed E-state index contributed by atoms with van der Waals surface area (Å²) in [6, 6.07) is 0. The Hall–Kier alpha value is -0.880. The second-order valence-corrected chi connectivity index (χ2v) is 2.62. The summed E-state index contributed by atoms with van der Waals surface area (Å²) in [6.45, 7) is 0. The van der Waals surface area contributed by atoms with Gasteiger partial charge in [-0.2, -0.15) is 0 Å². The molecule has 56 valence electrons. The van der Waals surface area contributed by atoms with E-state index in [-0.39, 0.29) is 0 Å². The molecule has 0 saturated carbocycles. The summed E-state index contributed by atoms with van der Waals surface area (Å²) in [5.74, 6) is 5.84. The van der Waals surface area contributed by atoms with E-state index in [1.165, 1.54) is 0 Å². The monoisotopic (exact) mass is 210 g/mol. The Kier molecular flexibility index (Phi) is 3.63. The molecule has 1 aromatic heterocycles. The van der Waals surface area contributed by atoms with Crippen LogP contribution in [0.4, 0.5) is 0 Å². The summed E-state index contributed by atoms with van der Waals surface area (Å²) in [5.41, 5.74) is 0.730. The maximum Gasteiger partial charge on any atom is 0.131 e. The third-order valence-corrected chi connectivity index (χ3v) is 1.40. The lowest BCUT2D eigenvalue weighted by atomic mass is 10.4. The van der Waals surface area contributed by atoms with Crippen LogP contribution in [-0.2, 0) is 0 Å². The average Bonchev–Trinajstić information content (AvgIpc) is 2.07. The Morgan fingerprint density at radius 1 is 1.45 bits per heavy atom. The van der Waals surface area contributed by atoms with Crippen molar-refractivity contribution in [3.8, 4) is 11.8 Å². The Bertz CT molecular complexity index is 260. The van der Waals surface area contributed by atoms with E-state index in [9.17, 15) is 0 Å². The Morgan fingerprint density at radius 3 is 3.00 bits per heavy atom. The van der Waals surface area contributed by atoms with Crippen LogP contribution in [0.1, 0.15) is 12.1 Å². The van der Waals surface area contributed by atoms with E-state index < -0.39 is 0 Å². The maximum absolute atomic E-state index is 4.00. The van der Waals surface area contributed by atoms with Gasteiger partial charge in [0.25, 0.3) is 0 Å². The predicted molar refractivity (Wildman–Crippen MR) is 47.3 cm³/mol. The maximum atomic E-state index is 4.00. The zero-order valence-corrected chi connectivity index (χ0v) is 7.50. The van der Waals surface area contributed by atoms with E-state index in [0.29, 0.717) is 0 Å². The Labute approximate surface area is 74.2 Å². The molecule has 0 spiro atoms. The topological polar surface area (TPSA) is 25.8 Å². The van der Waals surface area contributed by atoms with Gasteiger partial charge in [0, 0.05) is 24.1 Å². The van der Waals surface area contributed by atoms with E-state index in [0.717, 1.165) is 17.4 Å². The van der Waals surface area contributed by atoms with E-state index in [1.54, 1.807) is 18.6 Å². The molecular weight excluding hydrogens is 204 g/mol. The van der Waals surface area contributed by atoms with Crippen molar-refractivity contribution in [1.29, 1.82) is 0 Å². The lowest BCUT2D eigenvalue weighted by Crippen LogP contribution is -1.81. The fourth-order valence-electron chi connectivity index (χ4n) is 0.564. The van der Waals surface area contributed by atoms with Crippen LogP contribution in [0.5, 0.6) is 0 Å². The fourth-order valence-corrected chi connectivity index (χ4v) is 0.762. The Morgan fingerprint density at radius 2 is 2.36 bits per heavy atom. The van der Waals surface area contributed by atoms with Crippen molar-refractivity contribution >= 4 is 15.9 Å². The van der Waals surface area contributed by atoms with Gasteiger partial charge in [-0.1, -0.05) is 21.9 Å². The minimum atomic E-state index is 0.730. The van der Waals surface area contributed by atoms with Crippen LogP contribution >= 0.6 is 15.9 Å². The van der Waals surface area contributed by atoms with E-state index in [1.807, 2.05) is 0 Å². The molecule has 11 heavy (non-hydrogen) atoms. The molecule has 0 bridgehead atoms. The van der Waals surface area contributed by atoms with Gasteiger partial charge in [0.15, 0.2) is 0 Å². The molecule has 1 rings (SSSR count). The molecule has 0 aliphatic heterocycles. The largest absolute Gasteiger partial charge is 0.260 e. The van der Waals surface area contributed by atoms with Crippen LogP contribution in [0.25, 0.3) is 0 Å². The first-order valence-electron chi connectivity index (χ1n) is 3.24. The minimum Gasteiger partial charge on any atom is -0.260 e. The molecule has 0 aliphatic carbocycles. The molecule has 0 aliphatic rings. The van der Waals surface area contributed by atoms with Gasteiger partial charge in [-0.3, -0.25) is 4.98 Å². The highest BCUT2D eigenvalue weighted by atomic mass is 79.9. The molecule has 0 N–H and O–H groups in total. The van der Waals surface area contributed by atoms with Gasteiger partial charge < -0.3 is 0 Å².